The van der Waals surface area contributed by atoms with Crippen molar-refractivity contribution in [3.63, 3.8) is 0 Å². The highest BCUT2D eigenvalue weighted by Crippen LogP contribution is 2.23. The van der Waals surface area contributed by atoms with Gasteiger partial charge in [-0.3, -0.25) is 4.98 Å². The van der Waals surface area contributed by atoms with Crippen LogP contribution in [0.25, 0.3) is 10.9 Å². The van der Waals surface area contributed by atoms with Crippen LogP contribution in [0, 0.1) is 0 Å². The van der Waals surface area contributed by atoms with Gasteiger partial charge >= 0.3 is 0 Å². The highest BCUT2D eigenvalue weighted by molar-refractivity contribution is 5.78. The lowest BCUT2D eigenvalue weighted by atomic mass is 9.98. The van der Waals surface area contributed by atoms with Crippen LogP contribution in [0.15, 0.2) is 60.8 Å². The first-order valence-corrected chi connectivity index (χ1v) is 7.47. The van der Waals surface area contributed by atoms with Crippen molar-refractivity contribution in [3.05, 3.63) is 77.5 Å². The Morgan fingerprint density at radius 2 is 1.82 bits per heavy atom. The van der Waals surface area contributed by atoms with Gasteiger partial charge in [0.2, 0.25) is 0 Å². The number of nitrogens with two attached hydrogens (primary N) is 1. The van der Waals surface area contributed by atoms with Gasteiger partial charge in [-0.05, 0) is 42.9 Å². The molecule has 0 aliphatic carbocycles. The molecule has 3 heteroatoms. The largest absolute Gasteiger partial charge is 0.320 e. The number of aromatic nitrogens is 1. The molecule has 1 aromatic heterocycles. The minimum atomic E-state index is -0.154. The number of hydrogen-bond donors (Lipinski definition) is 1. The van der Waals surface area contributed by atoms with Gasteiger partial charge in [0.05, 0.1) is 11.6 Å². The van der Waals surface area contributed by atoms with Crippen LogP contribution in [0.3, 0.4) is 0 Å². The van der Waals surface area contributed by atoms with Gasteiger partial charge < -0.3 is 10.6 Å². The molecule has 0 radical (unpaired) electrons. The van der Waals surface area contributed by atoms with Crippen LogP contribution in [0.1, 0.15) is 22.7 Å². The number of benzene rings is 2. The van der Waals surface area contributed by atoms with Crippen LogP contribution >= 0.6 is 0 Å². The van der Waals surface area contributed by atoms with Crippen LogP contribution < -0.4 is 5.73 Å². The van der Waals surface area contributed by atoms with E-state index >= 15 is 0 Å². The van der Waals surface area contributed by atoms with Crippen molar-refractivity contribution in [2.75, 3.05) is 14.1 Å². The summed E-state index contributed by atoms with van der Waals surface area (Å²) in [6.07, 6.45) is 1.88. The van der Waals surface area contributed by atoms with E-state index in [9.17, 15) is 0 Å². The van der Waals surface area contributed by atoms with E-state index < -0.39 is 0 Å². The predicted molar refractivity (Wildman–Crippen MR) is 91.6 cm³/mol. The monoisotopic (exact) mass is 291 g/mol. The first kappa shape index (κ1) is 14.7. The van der Waals surface area contributed by atoms with E-state index in [2.05, 4.69) is 60.4 Å². The summed E-state index contributed by atoms with van der Waals surface area (Å²) in [6.45, 7) is 0.913. The number of rotatable bonds is 4. The molecular formula is C19H21N3. The minimum absolute atomic E-state index is 0.154. The van der Waals surface area contributed by atoms with E-state index in [4.69, 9.17) is 5.73 Å². The summed E-state index contributed by atoms with van der Waals surface area (Å²) < 4.78 is 0. The lowest BCUT2D eigenvalue weighted by Gasteiger charge is -2.16. The molecule has 0 bridgehead atoms. The van der Waals surface area contributed by atoms with Crippen LogP contribution in [0.2, 0.25) is 0 Å². The van der Waals surface area contributed by atoms with Crippen LogP contribution in [0.4, 0.5) is 0 Å². The molecule has 22 heavy (non-hydrogen) atoms. The zero-order valence-corrected chi connectivity index (χ0v) is 13.0. The Kier molecular flexibility index (Phi) is 4.18. The zero-order valence-electron chi connectivity index (χ0n) is 13.0. The molecule has 2 aromatic carbocycles. The number of fused-ring (bicyclic) bond motifs is 1. The number of nitrogens with zero attached hydrogens (tertiary/aromatic N) is 2. The third-order valence-electron chi connectivity index (χ3n) is 3.78. The molecule has 0 saturated carbocycles. The summed E-state index contributed by atoms with van der Waals surface area (Å²) in [5.41, 5.74) is 10.9. The third-order valence-corrected chi connectivity index (χ3v) is 3.78. The van der Waals surface area contributed by atoms with Crippen molar-refractivity contribution in [1.82, 2.24) is 9.88 Å². The van der Waals surface area contributed by atoms with E-state index in [1.807, 2.05) is 24.4 Å². The predicted octanol–water partition coefficient (Wildman–Crippen LogP) is 3.34. The van der Waals surface area contributed by atoms with E-state index in [0.717, 1.165) is 28.6 Å². The highest BCUT2D eigenvalue weighted by Gasteiger charge is 2.11. The summed E-state index contributed by atoms with van der Waals surface area (Å²) in [5.74, 6) is 0. The molecule has 0 spiro atoms. The number of para-hydroxylation sites is 1. The van der Waals surface area contributed by atoms with E-state index in [1.54, 1.807) is 0 Å². The van der Waals surface area contributed by atoms with Gasteiger partial charge in [-0.15, -0.1) is 0 Å². The smallest absolute Gasteiger partial charge is 0.0702 e. The first-order valence-electron chi connectivity index (χ1n) is 7.47. The van der Waals surface area contributed by atoms with Crippen molar-refractivity contribution < 1.29 is 0 Å². The molecule has 0 saturated heterocycles. The molecule has 112 valence electrons. The molecule has 3 rings (SSSR count). The normalized spacial score (nSPS) is 12.7. The second kappa shape index (κ2) is 6.26. The summed E-state index contributed by atoms with van der Waals surface area (Å²) in [7, 11) is 4.14. The van der Waals surface area contributed by atoms with E-state index in [1.165, 1.54) is 5.56 Å². The third kappa shape index (κ3) is 3.16. The molecule has 3 nitrogen and oxygen atoms in total. The summed E-state index contributed by atoms with van der Waals surface area (Å²) in [5, 5.41) is 1.12. The average Bonchev–Trinajstić information content (AvgIpc) is 2.53. The maximum atomic E-state index is 6.45. The van der Waals surface area contributed by atoms with Crippen LogP contribution in [-0.4, -0.2) is 24.0 Å². The zero-order chi connectivity index (χ0) is 15.5. The Labute approximate surface area is 131 Å². The lowest BCUT2D eigenvalue weighted by molar-refractivity contribution is 0.402. The Hall–Kier alpha value is -2.23. The van der Waals surface area contributed by atoms with Gasteiger partial charge in [0.25, 0.3) is 0 Å². The molecular weight excluding hydrogens is 270 g/mol. The molecule has 0 amide bonds. The maximum absolute atomic E-state index is 6.45. The SMILES string of the molecule is CN(C)Cc1cccc(C(N)c2cnc3ccccc3c2)c1. The van der Waals surface area contributed by atoms with E-state index in [0.29, 0.717) is 0 Å². The Morgan fingerprint density at radius 3 is 2.64 bits per heavy atom. The van der Waals surface area contributed by atoms with Crippen molar-refractivity contribution >= 4 is 10.9 Å². The molecule has 1 atom stereocenters. The Balaban J connectivity index is 1.93. The van der Waals surface area contributed by atoms with Gasteiger partial charge in [-0.1, -0.05) is 42.5 Å². The molecule has 0 aliphatic heterocycles. The molecule has 1 unspecified atom stereocenters. The molecule has 0 aliphatic rings. The Bertz CT molecular complexity index is 780. The topological polar surface area (TPSA) is 42.1 Å². The molecule has 3 aromatic rings. The number of hydrogen-bond acceptors (Lipinski definition) is 3. The van der Waals surface area contributed by atoms with Crippen molar-refractivity contribution in [2.45, 2.75) is 12.6 Å². The molecule has 2 N–H and O–H groups in total. The fourth-order valence-corrected chi connectivity index (χ4v) is 2.70. The van der Waals surface area contributed by atoms with Gasteiger partial charge in [0.15, 0.2) is 0 Å². The minimum Gasteiger partial charge on any atom is -0.320 e. The van der Waals surface area contributed by atoms with Crippen LogP contribution in [-0.2, 0) is 6.54 Å². The van der Waals surface area contributed by atoms with Gasteiger partial charge in [0, 0.05) is 18.1 Å². The number of pyridine rings is 1. The fraction of sp³-hybridized carbons (Fsp3) is 0.211. The first-order chi connectivity index (χ1) is 10.6. The summed E-state index contributed by atoms with van der Waals surface area (Å²) in [6, 6.07) is 18.6. The maximum Gasteiger partial charge on any atom is 0.0702 e. The fourth-order valence-electron chi connectivity index (χ4n) is 2.70. The second-order valence-corrected chi connectivity index (χ2v) is 5.92. The quantitative estimate of drug-likeness (QED) is 0.801. The average molecular weight is 291 g/mol. The summed E-state index contributed by atoms with van der Waals surface area (Å²) >= 11 is 0. The van der Waals surface area contributed by atoms with Gasteiger partial charge in [-0.25, -0.2) is 0 Å². The van der Waals surface area contributed by atoms with Gasteiger partial charge in [0.1, 0.15) is 0 Å². The second-order valence-electron chi connectivity index (χ2n) is 5.92. The van der Waals surface area contributed by atoms with Crippen molar-refractivity contribution in [2.24, 2.45) is 5.73 Å². The van der Waals surface area contributed by atoms with Crippen LogP contribution in [0.5, 0.6) is 0 Å². The van der Waals surface area contributed by atoms with E-state index in [-0.39, 0.29) is 6.04 Å². The molecule has 1 heterocycles. The summed E-state index contributed by atoms with van der Waals surface area (Å²) in [4.78, 5) is 6.67. The van der Waals surface area contributed by atoms with Crippen molar-refractivity contribution in [1.29, 1.82) is 0 Å². The highest BCUT2D eigenvalue weighted by atomic mass is 15.0. The van der Waals surface area contributed by atoms with Gasteiger partial charge in [-0.2, -0.15) is 0 Å². The standard InChI is InChI=1S/C19H21N3/c1-22(2)13-14-6-5-8-16(10-14)19(20)17-11-15-7-3-4-9-18(15)21-12-17/h3-12,19H,13,20H2,1-2H3. The van der Waals surface area contributed by atoms with Crippen molar-refractivity contribution in [3.8, 4) is 0 Å². The Morgan fingerprint density at radius 1 is 1.00 bits per heavy atom. The molecule has 0 fully saturated rings. The lowest BCUT2D eigenvalue weighted by Crippen LogP contribution is -2.14.